The van der Waals surface area contributed by atoms with E-state index < -0.39 is 0 Å². The van der Waals surface area contributed by atoms with E-state index in [1.807, 2.05) is 44.3 Å². The first-order valence-corrected chi connectivity index (χ1v) is 11.6. The number of hydrogen-bond donors (Lipinski definition) is 1. The molecule has 2 aromatic heterocycles. The number of carbonyl (C=O) groups excluding carboxylic acids is 1. The summed E-state index contributed by atoms with van der Waals surface area (Å²) in [4.78, 5) is 25.5. The number of hydrogen-bond acceptors (Lipinski definition) is 6. The van der Waals surface area contributed by atoms with Gasteiger partial charge in [0.25, 0.3) is 5.56 Å². The summed E-state index contributed by atoms with van der Waals surface area (Å²) in [5, 5.41) is 15.2. The molecule has 1 aliphatic carbocycles. The van der Waals surface area contributed by atoms with Gasteiger partial charge in [0.1, 0.15) is 0 Å². The fourth-order valence-corrected chi connectivity index (χ4v) is 4.74. The molecule has 0 unspecified atom stereocenters. The molecule has 2 heterocycles. The Morgan fingerprint density at radius 3 is 2.68 bits per heavy atom. The lowest BCUT2D eigenvalue weighted by Crippen LogP contribution is -2.31. The highest BCUT2D eigenvalue weighted by molar-refractivity contribution is 7.99. The number of nitrogens with zero attached hydrogens (tertiary/aromatic N) is 6. The van der Waals surface area contributed by atoms with Crippen molar-refractivity contribution in [3.05, 3.63) is 46.4 Å². The average molecular weight is 442 g/mol. The highest BCUT2D eigenvalue weighted by Crippen LogP contribution is 2.23. The first-order chi connectivity index (χ1) is 15.1. The Morgan fingerprint density at radius 1 is 1.19 bits per heavy atom. The second kappa shape index (κ2) is 9.51. The third-order valence-corrected chi connectivity index (χ3v) is 6.74. The van der Waals surface area contributed by atoms with Gasteiger partial charge in [0.05, 0.1) is 17.1 Å². The van der Waals surface area contributed by atoms with Crippen LogP contribution in [0.5, 0.6) is 0 Å². The van der Waals surface area contributed by atoms with Crippen LogP contribution in [0.4, 0.5) is 0 Å². The topological polar surface area (TPSA) is 99.6 Å². The van der Waals surface area contributed by atoms with Crippen LogP contribution < -0.4 is 10.9 Å². The molecule has 164 valence electrons. The largest absolute Gasteiger partial charge is 0.355 e. The second-order valence-corrected chi connectivity index (χ2v) is 8.82. The Bertz CT molecular complexity index is 1100. The van der Waals surface area contributed by atoms with Gasteiger partial charge in [-0.25, -0.2) is 4.68 Å². The molecule has 1 fully saturated rings. The van der Waals surface area contributed by atoms with E-state index in [1.54, 1.807) is 9.36 Å². The smallest absolute Gasteiger partial charge is 0.297 e. The summed E-state index contributed by atoms with van der Waals surface area (Å²) in [5.41, 5.74) is 1.64. The van der Waals surface area contributed by atoms with Crippen molar-refractivity contribution in [2.45, 2.75) is 44.2 Å². The Labute approximate surface area is 184 Å². The van der Waals surface area contributed by atoms with Crippen molar-refractivity contribution < 1.29 is 4.79 Å². The lowest BCUT2D eigenvalue weighted by atomic mass is 9.89. The summed E-state index contributed by atoms with van der Waals surface area (Å²) in [7, 11) is 1.82. The first kappa shape index (κ1) is 21.4. The Hall–Kier alpha value is -2.88. The summed E-state index contributed by atoms with van der Waals surface area (Å²) in [6, 6.07) is 9.41. The van der Waals surface area contributed by atoms with Crippen LogP contribution in [0.2, 0.25) is 0 Å². The molecule has 1 saturated carbocycles. The van der Waals surface area contributed by atoms with Crippen LogP contribution in [0.25, 0.3) is 11.4 Å². The van der Waals surface area contributed by atoms with Gasteiger partial charge in [-0.3, -0.25) is 14.3 Å². The number of carbonyl (C=O) groups is 1. The zero-order valence-electron chi connectivity index (χ0n) is 17.8. The molecule has 0 aliphatic heterocycles. The first-order valence-electron chi connectivity index (χ1n) is 10.6. The van der Waals surface area contributed by atoms with Crippen molar-refractivity contribution in [1.29, 1.82) is 0 Å². The molecule has 9 nitrogen and oxygen atoms in total. The Morgan fingerprint density at radius 2 is 1.94 bits per heavy atom. The minimum absolute atomic E-state index is 0.0448. The summed E-state index contributed by atoms with van der Waals surface area (Å²) >= 11 is 1.23. The molecule has 0 spiro atoms. The van der Waals surface area contributed by atoms with Crippen LogP contribution in [0.15, 0.2) is 40.3 Å². The molecule has 1 amide bonds. The molecule has 10 heteroatoms. The van der Waals surface area contributed by atoms with E-state index in [0.717, 1.165) is 17.9 Å². The number of para-hydroxylation sites is 1. The molecule has 3 aromatic rings. The summed E-state index contributed by atoms with van der Waals surface area (Å²) in [6.07, 6.45) is 6.18. The van der Waals surface area contributed by atoms with Crippen LogP contribution in [-0.2, 0) is 11.8 Å². The molecule has 0 saturated heterocycles. The van der Waals surface area contributed by atoms with Crippen LogP contribution in [-0.4, -0.2) is 47.8 Å². The van der Waals surface area contributed by atoms with Gasteiger partial charge in [-0.15, -0.1) is 5.10 Å². The molecule has 1 N–H and O–H groups in total. The zero-order chi connectivity index (χ0) is 21.8. The number of rotatable bonds is 7. The SMILES string of the molecule is Cc1c(-n2nnnc2SCC(=O)NCC2CCCCC2)c(=O)n(-c2ccccc2)n1C. The van der Waals surface area contributed by atoms with Crippen molar-refractivity contribution in [2.75, 3.05) is 12.3 Å². The third-order valence-electron chi connectivity index (χ3n) is 5.82. The Kier molecular flexibility index (Phi) is 6.55. The van der Waals surface area contributed by atoms with Crippen LogP contribution in [0.3, 0.4) is 0 Å². The minimum Gasteiger partial charge on any atom is -0.355 e. The molecular formula is C21H27N7O2S. The molecule has 0 atom stereocenters. The zero-order valence-corrected chi connectivity index (χ0v) is 18.6. The highest BCUT2D eigenvalue weighted by Gasteiger charge is 2.22. The third kappa shape index (κ3) is 4.58. The number of thioether (sulfide) groups is 1. The van der Waals surface area contributed by atoms with E-state index in [2.05, 4.69) is 20.8 Å². The van der Waals surface area contributed by atoms with Gasteiger partial charge >= 0.3 is 0 Å². The number of aromatic nitrogens is 6. The lowest BCUT2D eigenvalue weighted by molar-refractivity contribution is -0.118. The quantitative estimate of drug-likeness (QED) is 0.565. The van der Waals surface area contributed by atoms with E-state index in [1.165, 1.54) is 48.5 Å². The number of nitrogens with one attached hydrogen (secondary N) is 1. The highest BCUT2D eigenvalue weighted by atomic mass is 32.2. The van der Waals surface area contributed by atoms with Crippen molar-refractivity contribution >= 4 is 17.7 Å². The molecule has 0 bridgehead atoms. The van der Waals surface area contributed by atoms with Crippen LogP contribution >= 0.6 is 11.8 Å². The standard InChI is InChI=1S/C21H27N7O2S/c1-15-19(20(30)28(26(15)2)17-11-7-4-8-12-17)27-21(23-24-25-27)31-14-18(29)22-13-16-9-5-3-6-10-16/h4,7-8,11-12,16H,3,5-6,9-10,13-14H2,1-2H3,(H,22,29). The molecule has 4 rings (SSSR count). The Balaban J connectivity index is 1.48. The van der Waals surface area contributed by atoms with Crippen molar-refractivity contribution in [1.82, 2.24) is 34.9 Å². The summed E-state index contributed by atoms with van der Waals surface area (Å²) in [6.45, 7) is 2.58. The summed E-state index contributed by atoms with van der Waals surface area (Å²) in [5.74, 6) is 0.735. The van der Waals surface area contributed by atoms with Crippen molar-refractivity contribution in [3.8, 4) is 11.4 Å². The predicted molar refractivity (Wildman–Crippen MR) is 119 cm³/mol. The van der Waals surface area contributed by atoms with Crippen molar-refractivity contribution in [3.63, 3.8) is 0 Å². The van der Waals surface area contributed by atoms with Gasteiger partial charge in [0.15, 0.2) is 5.69 Å². The van der Waals surface area contributed by atoms with Crippen LogP contribution in [0, 0.1) is 12.8 Å². The van der Waals surface area contributed by atoms with Gasteiger partial charge < -0.3 is 5.32 Å². The van der Waals surface area contributed by atoms with Gasteiger partial charge in [-0.2, -0.15) is 4.68 Å². The normalized spacial score (nSPS) is 14.6. The minimum atomic E-state index is -0.220. The number of amides is 1. The van der Waals surface area contributed by atoms with Crippen molar-refractivity contribution in [2.24, 2.45) is 13.0 Å². The second-order valence-electron chi connectivity index (χ2n) is 7.88. The van der Waals surface area contributed by atoms with Gasteiger partial charge in [-0.05, 0) is 48.2 Å². The van der Waals surface area contributed by atoms with E-state index in [-0.39, 0.29) is 17.2 Å². The molecule has 1 aromatic carbocycles. The number of tetrazole rings is 1. The lowest BCUT2D eigenvalue weighted by Gasteiger charge is -2.21. The average Bonchev–Trinajstić information content (AvgIpc) is 3.34. The monoisotopic (exact) mass is 441 g/mol. The van der Waals surface area contributed by atoms with Gasteiger partial charge in [0, 0.05) is 13.6 Å². The fourth-order valence-electron chi connectivity index (χ4n) is 4.04. The van der Waals surface area contributed by atoms with E-state index in [9.17, 15) is 9.59 Å². The van der Waals surface area contributed by atoms with Gasteiger partial charge in [-0.1, -0.05) is 49.2 Å². The van der Waals surface area contributed by atoms with E-state index in [0.29, 0.717) is 16.8 Å². The van der Waals surface area contributed by atoms with E-state index >= 15 is 0 Å². The molecule has 0 radical (unpaired) electrons. The van der Waals surface area contributed by atoms with Crippen LogP contribution in [0.1, 0.15) is 37.8 Å². The van der Waals surface area contributed by atoms with Gasteiger partial charge in [0.2, 0.25) is 11.1 Å². The molecular weight excluding hydrogens is 414 g/mol. The summed E-state index contributed by atoms with van der Waals surface area (Å²) < 4.78 is 4.79. The van der Waals surface area contributed by atoms with E-state index in [4.69, 9.17) is 0 Å². The maximum atomic E-state index is 13.2. The predicted octanol–water partition coefficient (Wildman–Crippen LogP) is 2.25. The molecule has 1 aliphatic rings. The molecule has 31 heavy (non-hydrogen) atoms. The number of benzene rings is 1. The fraction of sp³-hybridized carbons (Fsp3) is 0.476. The maximum Gasteiger partial charge on any atom is 0.297 e. The maximum absolute atomic E-state index is 13.2.